The lowest BCUT2D eigenvalue weighted by Crippen LogP contribution is -2.35. The molecule has 0 amide bonds. The predicted octanol–water partition coefficient (Wildman–Crippen LogP) is 1.61. The van der Waals surface area contributed by atoms with Crippen molar-refractivity contribution in [3.8, 4) is 0 Å². The molecule has 3 heterocycles. The number of hydrogen-bond acceptors (Lipinski definition) is 5. The van der Waals surface area contributed by atoms with Gasteiger partial charge in [-0.25, -0.2) is 9.78 Å². The van der Waals surface area contributed by atoms with Crippen LogP contribution in [-0.2, 0) is 4.74 Å². The number of pyridine rings is 1. The number of aryl methyl sites for hydroxylation is 1. The Kier molecular flexibility index (Phi) is 3.85. The number of esters is 1. The zero-order valence-electron chi connectivity index (χ0n) is 12.9. The van der Waals surface area contributed by atoms with E-state index in [9.17, 15) is 4.79 Å². The number of hydrogen-bond donors (Lipinski definition) is 1. The third kappa shape index (κ3) is 2.39. The van der Waals surface area contributed by atoms with E-state index in [2.05, 4.69) is 22.1 Å². The maximum atomic E-state index is 11.7. The van der Waals surface area contributed by atoms with Crippen LogP contribution in [0.4, 0.5) is 5.82 Å². The third-order valence-electron chi connectivity index (χ3n) is 4.91. The summed E-state index contributed by atoms with van der Waals surface area (Å²) in [6, 6.07) is 4.33. The summed E-state index contributed by atoms with van der Waals surface area (Å²) in [6.07, 6.45) is 1.13. The normalized spacial score (nSPS) is 27.8. The molecule has 2 aliphatic rings. The Bertz CT molecular complexity index is 546. The highest BCUT2D eigenvalue weighted by Gasteiger charge is 2.43. The van der Waals surface area contributed by atoms with Gasteiger partial charge in [0.1, 0.15) is 5.82 Å². The SMILES string of the molecule is CCC1C2CNCC2CN1c1ccc(C(=O)OC)c(C)n1. The first-order chi connectivity index (χ1) is 10.2. The van der Waals surface area contributed by atoms with Crippen LogP contribution in [0.25, 0.3) is 0 Å². The average molecular weight is 289 g/mol. The highest BCUT2D eigenvalue weighted by molar-refractivity contribution is 5.90. The number of ether oxygens (including phenoxy) is 1. The predicted molar refractivity (Wildman–Crippen MR) is 81.6 cm³/mol. The second-order valence-electron chi connectivity index (χ2n) is 6.00. The molecule has 1 N–H and O–H groups in total. The zero-order chi connectivity index (χ0) is 15.0. The van der Waals surface area contributed by atoms with Gasteiger partial charge in [0.2, 0.25) is 0 Å². The Balaban J connectivity index is 1.87. The summed E-state index contributed by atoms with van der Waals surface area (Å²) in [7, 11) is 1.40. The van der Waals surface area contributed by atoms with E-state index in [1.54, 1.807) is 0 Å². The zero-order valence-corrected chi connectivity index (χ0v) is 12.9. The highest BCUT2D eigenvalue weighted by atomic mass is 16.5. The highest BCUT2D eigenvalue weighted by Crippen LogP contribution is 2.36. The van der Waals surface area contributed by atoms with Gasteiger partial charge >= 0.3 is 5.97 Å². The van der Waals surface area contributed by atoms with Crippen LogP contribution < -0.4 is 10.2 Å². The van der Waals surface area contributed by atoms with Crippen LogP contribution >= 0.6 is 0 Å². The number of anilines is 1. The van der Waals surface area contributed by atoms with Crippen LogP contribution in [-0.4, -0.2) is 43.7 Å². The number of carbonyl (C=O) groups excluding carboxylic acids is 1. The summed E-state index contributed by atoms with van der Waals surface area (Å²) < 4.78 is 4.78. The van der Waals surface area contributed by atoms with Gasteiger partial charge in [-0.2, -0.15) is 0 Å². The molecule has 3 atom stereocenters. The smallest absolute Gasteiger partial charge is 0.339 e. The van der Waals surface area contributed by atoms with E-state index in [1.807, 2.05) is 19.1 Å². The molecule has 0 aromatic carbocycles. The molecule has 2 fully saturated rings. The molecule has 2 aliphatic heterocycles. The first kappa shape index (κ1) is 14.3. The van der Waals surface area contributed by atoms with Crippen LogP contribution in [0.5, 0.6) is 0 Å². The maximum Gasteiger partial charge on any atom is 0.339 e. The number of fused-ring (bicyclic) bond motifs is 1. The van der Waals surface area contributed by atoms with Crippen LogP contribution in [0.15, 0.2) is 12.1 Å². The first-order valence-corrected chi connectivity index (χ1v) is 7.69. The number of carbonyl (C=O) groups is 1. The molecule has 5 nitrogen and oxygen atoms in total. The van der Waals surface area contributed by atoms with Crippen molar-refractivity contribution in [3.05, 3.63) is 23.4 Å². The molecule has 0 bridgehead atoms. The average Bonchev–Trinajstić information content (AvgIpc) is 3.06. The fourth-order valence-corrected chi connectivity index (χ4v) is 3.84. The maximum absolute atomic E-state index is 11.7. The van der Waals surface area contributed by atoms with Crippen LogP contribution in [0, 0.1) is 18.8 Å². The first-order valence-electron chi connectivity index (χ1n) is 7.69. The largest absolute Gasteiger partial charge is 0.465 e. The Morgan fingerprint density at radius 3 is 2.95 bits per heavy atom. The fourth-order valence-electron chi connectivity index (χ4n) is 3.84. The molecule has 21 heavy (non-hydrogen) atoms. The van der Waals surface area contributed by atoms with Gasteiger partial charge in [0.15, 0.2) is 0 Å². The standard InChI is InChI=1S/C16H23N3O2/c1-4-14-13-8-17-7-11(13)9-19(14)15-6-5-12(10(2)18-15)16(20)21-3/h5-6,11,13-14,17H,4,7-9H2,1-3H3. The minimum Gasteiger partial charge on any atom is -0.465 e. The molecule has 2 saturated heterocycles. The molecular weight excluding hydrogens is 266 g/mol. The molecule has 0 radical (unpaired) electrons. The Hall–Kier alpha value is -1.62. The second kappa shape index (κ2) is 5.64. The fraction of sp³-hybridized carbons (Fsp3) is 0.625. The van der Waals surface area contributed by atoms with Crippen LogP contribution in [0.3, 0.4) is 0 Å². The molecule has 114 valence electrons. The monoisotopic (exact) mass is 289 g/mol. The molecule has 1 aromatic rings. The molecular formula is C16H23N3O2. The van der Waals surface area contributed by atoms with Gasteiger partial charge in [-0.05, 0) is 37.3 Å². The number of nitrogens with one attached hydrogen (secondary N) is 1. The van der Waals surface area contributed by atoms with Crippen molar-refractivity contribution in [3.63, 3.8) is 0 Å². The van der Waals surface area contributed by atoms with Gasteiger partial charge in [0.25, 0.3) is 0 Å². The van der Waals surface area contributed by atoms with Gasteiger partial charge in [-0.3, -0.25) is 0 Å². The lowest BCUT2D eigenvalue weighted by atomic mass is 9.93. The molecule has 5 heteroatoms. The van der Waals surface area contributed by atoms with E-state index in [1.165, 1.54) is 7.11 Å². The van der Waals surface area contributed by atoms with Gasteiger partial charge in [0.05, 0.1) is 18.4 Å². The molecule has 0 spiro atoms. The lowest BCUT2D eigenvalue weighted by molar-refractivity contribution is 0.0599. The van der Waals surface area contributed by atoms with E-state index in [-0.39, 0.29) is 5.97 Å². The van der Waals surface area contributed by atoms with Crippen molar-refractivity contribution in [2.45, 2.75) is 26.3 Å². The van der Waals surface area contributed by atoms with E-state index in [4.69, 9.17) is 4.74 Å². The summed E-state index contributed by atoms with van der Waals surface area (Å²) >= 11 is 0. The number of nitrogens with zero attached hydrogens (tertiary/aromatic N) is 2. The molecule has 0 aliphatic carbocycles. The third-order valence-corrected chi connectivity index (χ3v) is 4.91. The summed E-state index contributed by atoms with van der Waals surface area (Å²) in [6.45, 7) is 7.39. The molecule has 3 unspecified atom stereocenters. The summed E-state index contributed by atoms with van der Waals surface area (Å²) in [4.78, 5) is 18.7. The van der Waals surface area contributed by atoms with Gasteiger partial charge < -0.3 is 15.0 Å². The van der Waals surface area contributed by atoms with E-state index >= 15 is 0 Å². The van der Waals surface area contributed by atoms with Crippen molar-refractivity contribution in [2.24, 2.45) is 11.8 Å². The second-order valence-corrected chi connectivity index (χ2v) is 6.00. The van der Waals surface area contributed by atoms with Crippen molar-refractivity contribution in [1.82, 2.24) is 10.3 Å². The van der Waals surface area contributed by atoms with E-state index in [0.29, 0.717) is 11.6 Å². The Labute approximate surface area is 125 Å². The van der Waals surface area contributed by atoms with Crippen molar-refractivity contribution >= 4 is 11.8 Å². The van der Waals surface area contributed by atoms with Gasteiger partial charge in [-0.1, -0.05) is 6.92 Å². The van der Waals surface area contributed by atoms with Crippen molar-refractivity contribution < 1.29 is 9.53 Å². The van der Waals surface area contributed by atoms with Crippen molar-refractivity contribution in [1.29, 1.82) is 0 Å². The van der Waals surface area contributed by atoms with Crippen LogP contribution in [0.2, 0.25) is 0 Å². The number of methoxy groups -OCH3 is 1. The number of aromatic nitrogens is 1. The van der Waals surface area contributed by atoms with Gasteiger partial charge in [-0.15, -0.1) is 0 Å². The molecule has 3 rings (SSSR count). The molecule has 0 saturated carbocycles. The lowest BCUT2D eigenvalue weighted by Gasteiger charge is -2.28. The molecule has 1 aromatic heterocycles. The summed E-state index contributed by atoms with van der Waals surface area (Å²) in [5, 5.41) is 3.50. The summed E-state index contributed by atoms with van der Waals surface area (Å²) in [5.74, 6) is 2.11. The minimum absolute atomic E-state index is 0.318. The number of rotatable bonds is 3. The van der Waals surface area contributed by atoms with E-state index < -0.39 is 0 Å². The Morgan fingerprint density at radius 1 is 1.48 bits per heavy atom. The van der Waals surface area contributed by atoms with E-state index in [0.717, 1.165) is 49.4 Å². The van der Waals surface area contributed by atoms with Crippen molar-refractivity contribution in [2.75, 3.05) is 31.6 Å². The quantitative estimate of drug-likeness (QED) is 0.857. The van der Waals surface area contributed by atoms with Crippen LogP contribution in [0.1, 0.15) is 29.4 Å². The van der Waals surface area contributed by atoms with Gasteiger partial charge in [0, 0.05) is 25.7 Å². The minimum atomic E-state index is -0.318. The Morgan fingerprint density at radius 2 is 2.29 bits per heavy atom. The topological polar surface area (TPSA) is 54.5 Å². The summed E-state index contributed by atoms with van der Waals surface area (Å²) in [5.41, 5.74) is 1.29.